The second-order valence-corrected chi connectivity index (χ2v) is 5.85. The second-order valence-electron chi connectivity index (χ2n) is 5.85. The van der Waals surface area contributed by atoms with E-state index in [4.69, 9.17) is 9.52 Å². The van der Waals surface area contributed by atoms with Gasteiger partial charge in [0.2, 0.25) is 5.71 Å². The van der Waals surface area contributed by atoms with Crippen LogP contribution in [0.4, 0.5) is 0 Å². The number of rotatable bonds is 3. The Labute approximate surface area is 144 Å². The van der Waals surface area contributed by atoms with E-state index in [0.29, 0.717) is 11.5 Å². The molecule has 25 heavy (non-hydrogen) atoms. The molecule has 0 amide bonds. The quantitative estimate of drug-likeness (QED) is 0.563. The first-order valence-electron chi connectivity index (χ1n) is 7.93. The van der Waals surface area contributed by atoms with E-state index in [-0.39, 0.29) is 5.69 Å². The SMILES string of the molecule is Cc1c(-c2ccccc2)cccc1-c1cc2ccc(C(=O)O)nc2o1. The number of carbonyl (C=O) groups is 1. The standard InChI is InChI=1S/C21H15NO3/c1-13-16(14-6-3-2-4-7-14)8-5-9-17(13)19-12-15-10-11-18(21(23)24)22-20(15)25-19/h2-12H,1H3,(H,23,24). The fraction of sp³-hybridized carbons (Fsp3) is 0.0476. The number of aromatic carboxylic acids is 1. The maximum Gasteiger partial charge on any atom is 0.354 e. The zero-order valence-corrected chi connectivity index (χ0v) is 13.6. The number of hydrogen-bond acceptors (Lipinski definition) is 3. The Kier molecular flexibility index (Phi) is 3.58. The Balaban J connectivity index is 1.85. The van der Waals surface area contributed by atoms with Gasteiger partial charge in [0.05, 0.1) is 0 Å². The lowest BCUT2D eigenvalue weighted by Gasteiger charge is -2.09. The molecule has 2 heterocycles. The summed E-state index contributed by atoms with van der Waals surface area (Å²) in [5.41, 5.74) is 4.66. The molecule has 0 saturated heterocycles. The van der Waals surface area contributed by atoms with Crippen LogP contribution in [0.3, 0.4) is 0 Å². The topological polar surface area (TPSA) is 63.3 Å². The maximum atomic E-state index is 11.1. The number of aromatic nitrogens is 1. The maximum absolute atomic E-state index is 11.1. The van der Waals surface area contributed by atoms with Crippen molar-refractivity contribution in [3.63, 3.8) is 0 Å². The van der Waals surface area contributed by atoms with Crippen LogP contribution in [-0.2, 0) is 0 Å². The Morgan fingerprint density at radius 2 is 1.72 bits per heavy atom. The summed E-state index contributed by atoms with van der Waals surface area (Å²) in [5, 5.41) is 9.85. The third-order valence-electron chi connectivity index (χ3n) is 4.29. The van der Waals surface area contributed by atoms with Gasteiger partial charge >= 0.3 is 5.97 Å². The number of benzene rings is 2. The van der Waals surface area contributed by atoms with Crippen LogP contribution >= 0.6 is 0 Å². The molecule has 2 aromatic carbocycles. The first kappa shape index (κ1) is 15.1. The predicted molar refractivity (Wildman–Crippen MR) is 96.6 cm³/mol. The van der Waals surface area contributed by atoms with E-state index in [1.807, 2.05) is 36.4 Å². The largest absolute Gasteiger partial charge is 0.477 e. The van der Waals surface area contributed by atoms with Gasteiger partial charge in [-0.25, -0.2) is 9.78 Å². The van der Waals surface area contributed by atoms with Crippen molar-refractivity contribution in [3.05, 3.63) is 78.0 Å². The molecule has 122 valence electrons. The van der Waals surface area contributed by atoms with Crippen LogP contribution in [0, 0.1) is 6.92 Å². The van der Waals surface area contributed by atoms with Crippen molar-refractivity contribution in [2.24, 2.45) is 0 Å². The van der Waals surface area contributed by atoms with Crippen LogP contribution in [0.15, 0.2) is 71.1 Å². The van der Waals surface area contributed by atoms with Gasteiger partial charge in [-0.1, -0.05) is 48.5 Å². The molecular formula is C21H15NO3. The molecule has 4 aromatic rings. The van der Waals surface area contributed by atoms with Crippen LogP contribution in [-0.4, -0.2) is 16.1 Å². The molecule has 0 saturated carbocycles. The van der Waals surface area contributed by atoms with Gasteiger partial charge in [0, 0.05) is 10.9 Å². The van der Waals surface area contributed by atoms with Crippen LogP contribution < -0.4 is 0 Å². The number of carboxylic acids is 1. The summed E-state index contributed by atoms with van der Waals surface area (Å²) >= 11 is 0. The molecule has 0 aliphatic rings. The highest BCUT2D eigenvalue weighted by atomic mass is 16.4. The number of nitrogens with zero attached hydrogens (tertiary/aromatic N) is 1. The molecule has 0 fully saturated rings. The zero-order valence-electron chi connectivity index (χ0n) is 13.6. The van der Waals surface area contributed by atoms with Crippen LogP contribution in [0.2, 0.25) is 0 Å². The van der Waals surface area contributed by atoms with E-state index < -0.39 is 5.97 Å². The molecule has 0 unspecified atom stereocenters. The van der Waals surface area contributed by atoms with E-state index in [1.165, 1.54) is 6.07 Å². The zero-order chi connectivity index (χ0) is 17.4. The van der Waals surface area contributed by atoms with Crippen molar-refractivity contribution in [3.8, 4) is 22.5 Å². The van der Waals surface area contributed by atoms with Crippen LogP contribution in [0.1, 0.15) is 16.1 Å². The molecule has 2 aromatic heterocycles. The molecule has 0 aliphatic carbocycles. The van der Waals surface area contributed by atoms with E-state index >= 15 is 0 Å². The summed E-state index contributed by atoms with van der Waals surface area (Å²) in [6.45, 7) is 2.06. The van der Waals surface area contributed by atoms with Crippen molar-refractivity contribution >= 4 is 17.1 Å². The van der Waals surface area contributed by atoms with Crippen LogP contribution in [0.5, 0.6) is 0 Å². The predicted octanol–water partition coefficient (Wildman–Crippen LogP) is 5.17. The first-order valence-corrected chi connectivity index (χ1v) is 7.93. The van der Waals surface area contributed by atoms with Crippen molar-refractivity contribution in [2.45, 2.75) is 6.92 Å². The van der Waals surface area contributed by atoms with Crippen molar-refractivity contribution in [1.82, 2.24) is 4.98 Å². The molecule has 0 spiro atoms. The van der Waals surface area contributed by atoms with E-state index in [2.05, 4.69) is 30.1 Å². The molecule has 0 atom stereocenters. The third kappa shape index (κ3) is 2.68. The van der Waals surface area contributed by atoms with Crippen LogP contribution in [0.25, 0.3) is 33.6 Å². The molecule has 4 rings (SSSR count). The Morgan fingerprint density at radius 1 is 0.960 bits per heavy atom. The van der Waals surface area contributed by atoms with E-state index in [9.17, 15) is 4.79 Å². The number of pyridine rings is 1. The fourth-order valence-electron chi connectivity index (χ4n) is 3.00. The molecule has 0 radical (unpaired) electrons. The van der Waals surface area contributed by atoms with Crippen molar-refractivity contribution in [2.75, 3.05) is 0 Å². The summed E-state index contributed by atoms with van der Waals surface area (Å²) in [4.78, 5) is 15.1. The minimum absolute atomic E-state index is 0.0249. The summed E-state index contributed by atoms with van der Waals surface area (Å²) in [6, 6.07) is 21.3. The minimum atomic E-state index is -1.07. The molecule has 4 nitrogen and oxygen atoms in total. The van der Waals surface area contributed by atoms with Crippen molar-refractivity contribution < 1.29 is 14.3 Å². The summed E-state index contributed by atoms with van der Waals surface area (Å²) in [7, 11) is 0. The van der Waals surface area contributed by atoms with Gasteiger partial charge in [-0.3, -0.25) is 0 Å². The molecule has 4 heteroatoms. The van der Waals surface area contributed by atoms with Crippen molar-refractivity contribution in [1.29, 1.82) is 0 Å². The van der Waals surface area contributed by atoms with Gasteiger partial charge in [0.25, 0.3) is 0 Å². The lowest BCUT2D eigenvalue weighted by Crippen LogP contribution is -1.98. The lowest BCUT2D eigenvalue weighted by atomic mass is 9.95. The second kappa shape index (κ2) is 5.91. The summed E-state index contributed by atoms with van der Waals surface area (Å²) in [5.74, 6) is -0.387. The molecule has 1 N–H and O–H groups in total. The van der Waals surface area contributed by atoms with Gasteiger partial charge in [0.15, 0.2) is 5.69 Å². The molecule has 0 bridgehead atoms. The van der Waals surface area contributed by atoms with Gasteiger partial charge in [-0.05, 0) is 41.8 Å². The highest BCUT2D eigenvalue weighted by Gasteiger charge is 2.14. The normalized spacial score (nSPS) is 10.9. The van der Waals surface area contributed by atoms with E-state index in [1.54, 1.807) is 6.07 Å². The first-order chi connectivity index (χ1) is 12.1. The summed E-state index contributed by atoms with van der Waals surface area (Å²) < 4.78 is 5.84. The Hall–Kier alpha value is -3.40. The van der Waals surface area contributed by atoms with Gasteiger partial charge < -0.3 is 9.52 Å². The summed E-state index contributed by atoms with van der Waals surface area (Å²) in [6.07, 6.45) is 0. The van der Waals surface area contributed by atoms with Gasteiger partial charge in [0.1, 0.15) is 5.76 Å². The molecular weight excluding hydrogens is 314 g/mol. The average molecular weight is 329 g/mol. The molecule has 0 aliphatic heterocycles. The van der Waals surface area contributed by atoms with Gasteiger partial charge in [-0.15, -0.1) is 0 Å². The van der Waals surface area contributed by atoms with E-state index in [0.717, 1.165) is 27.6 Å². The third-order valence-corrected chi connectivity index (χ3v) is 4.29. The average Bonchev–Trinajstić information content (AvgIpc) is 3.05. The smallest absolute Gasteiger partial charge is 0.354 e. The highest BCUT2D eigenvalue weighted by molar-refractivity contribution is 5.90. The Bertz CT molecular complexity index is 1080. The monoisotopic (exact) mass is 329 g/mol. The number of fused-ring (bicyclic) bond motifs is 1. The Morgan fingerprint density at radius 3 is 2.48 bits per heavy atom. The number of hydrogen-bond donors (Lipinski definition) is 1. The highest BCUT2D eigenvalue weighted by Crippen LogP contribution is 2.34. The number of carboxylic acid groups (broad SMARTS) is 1. The number of furan rings is 1. The minimum Gasteiger partial charge on any atom is -0.477 e. The van der Waals surface area contributed by atoms with Gasteiger partial charge in [-0.2, -0.15) is 0 Å². The lowest BCUT2D eigenvalue weighted by molar-refractivity contribution is 0.0690. The fourth-order valence-corrected chi connectivity index (χ4v) is 3.00.